The normalized spacial score (nSPS) is 20.2. The summed E-state index contributed by atoms with van der Waals surface area (Å²) in [6.07, 6.45) is 2.23. The quantitative estimate of drug-likeness (QED) is 0.820. The number of halogens is 2. The van der Waals surface area contributed by atoms with Gasteiger partial charge in [0.25, 0.3) is 0 Å². The van der Waals surface area contributed by atoms with Gasteiger partial charge in [0, 0.05) is 19.2 Å². The fourth-order valence-electron chi connectivity index (χ4n) is 1.94. The summed E-state index contributed by atoms with van der Waals surface area (Å²) < 4.78 is 18.5. The van der Waals surface area contributed by atoms with Crippen molar-refractivity contribution in [3.63, 3.8) is 0 Å². The van der Waals surface area contributed by atoms with Gasteiger partial charge in [-0.15, -0.1) is 0 Å². The summed E-state index contributed by atoms with van der Waals surface area (Å²) in [7, 11) is 0. The molecule has 0 amide bonds. The smallest absolute Gasteiger partial charge is 0.143 e. The summed E-state index contributed by atoms with van der Waals surface area (Å²) in [5.41, 5.74) is 6.77. The number of rotatable bonds is 3. The van der Waals surface area contributed by atoms with E-state index in [1.807, 2.05) is 0 Å². The number of ether oxygens (including phenoxy) is 1. The van der Waals surface area contributed by atoms with E-state index in [1.54, 1.807) is 0 Å². The Hall–Kier alpha value is -1.00. The largest absolute Gasteiger partial charge is 0.397 e. The molecule has 0 spiro atoms. The van der Waals surface area contributed by atoms with Gasteiger partial charge in [-0.25, -0.2) is 4.39 Å². The van der Waals surface area contributed by atoms with Crippen LogP contribution in [-0.4, -0.2) is 19.8 Å². The Bertz CT molecular complexity index is 394. The maximum absolute atomic E-state index is 13.1. The zero-order valence-corrected chi connectivity index (χ0v) is 10.3. The van der Waals surface area contributed by atoms with Crippen LogP contribution < -0.4 is 11.1 Å². The minimum absolute atomic E-state index is 0.0848. The standard InChI is InChI=1S/C12H16ClFN2O/c13-9-4-12(11(15)5-10(9)14)16-6-8-2-1-3-17-7-8/h4-5,8,16H,1-3,6-7,15H2. The molecular formula is C12H16ClFN2O. The number of nitrogens with one attached hydrogen (secondary N) is 1. The maximum Gasteiger partial charge on any atom is 0.143 e. The molecule has 0 bridgehead atoms. The first-order valence-corrected chi connectivity index (χ1v) is 6.10. The molecule has 2 rings (SSSR count). The Morgan fingerprint density at radius 1 is 1.53 bits per heavy atom. The summed E-state index contributed by atoms with van der Waals surface area (Å²) in [5.74, 6) is -0.0114. The molecule has 17 heavy (non-hydrogen) atoms. The minimum Gasteiger partial charge on any atom is -0.397 e. The summed E-state index contributed by atoms with van der Waals surface area (Å²) in [6.45, 7) is 2.38. The first-order chi connectivity index (χ1) is 8.16. The number of anilines is 2. The molecule has 3 nitrogen and oxygen atoms in total. The molecule has 0 saturated carbocycles. The van der Waals surface area contributed by atoms with Crippen LogP contribution >= 0.6 is 11.6 Å². The van der Waals surface area contributed by atoms with Gasteiger partial charge in [0.15, 0.2) is 0 Å². The lowest BCUT2D eigenvalue weighted by atomic mass is 10.0. The predicted octanol–water partition coefficient (Wildman–Crippen LogP) is 2.90. The molecule has 1 aromatic rings. The Labute approximate surface area is 105 Å². The molecular weight excluding hydrogens is 243 g/mol. The van der Waals surface area contributed by atoms with E-state index in [2.05, 4.69) is 5.32 Å². The molecule has 1 unspecified atom stereocenters. The lowest BCUT2D eigenvalue weighted by molar-refractivity contribution is 0.0595. The Balaban J connectivity index is 1.96. The molecule has 0 aromatic heterocycles. The third kappa shape index (κ3) is 3.23. The number of hydrogen-bond donors (Lipinski definition) is 2. The summed E-state index contributed by atoms with van der Waals surface area (Å²) in [5, 5.41) is 3.28. The maximum atomic E-state index is 13.1. The molecule has 1 aromatic carbocycles. The van der Waals surface area contributed by atoms with E-state index in [4.69, 9.17) is 22.1 Å². The van der Waals surface area contributed by atoms with Gasteiger partial charge >= 0.3 is 0 Å². The molecule has 1 atom stereocenters. The zero-order valence-electron chi connectivity index (χ0n) is 9.51. The van der Waals surface area contributed by atoms with Crippen molar-refractivity contribution in [1.29, 1.82) is 0 Å². The van der Waals surface area contributed by atoms with Crippen molar-refractivity contribution in [3.8, 4) is 0 Å². The van der Waals surface area contributed by atoms with Gasteiger partial charge < -0.3 is 15.8 Å². The van der Waals surface area contributed by atoms with Crippen molar-refractivity contribution in [2.24, 2.45) is 5.92 Å². The molecule has 94 valence electrons. The van der Waals surface area contributed by atoms with Gasteiger partial charge in [-0.3, -0.25) is 0 Å². The highest BCUT2D eigenvalue weighted by Gasteiger charge is 2.14. The van der Waals surface area contributed by atoms with Crippen LogP contribution in [0.5, 0.6) is 0 Å². The molecule has 3 N–H and O–H groups in total. The highest BCUT2D eigenvalue weighted by Crippen LogP contribution is 2.26. The SMILES string of the molecule is Nc1cc(F)c(Cl)cc1NCC1CCCOC1. The van der Waals surface area contributed by atoms with Gasteiger partial charge in [-0.1, -0.05) is 11.6 Å². The lowest BCUT2D eigenvalue weighted by Gasteiger charge is -2.23. The molecule has 0 radical (unpaired) electrons. The van der Waals surface area contributed by atoms with Crippen LogP contribution in [0.1, 0.15) is 12.8 Å². The van der Waals surface area contributed by atoms with E-state index in [9.17, 15) is 4.39 Å². The van der Waals surface area contributed by atoms with Crippen molar-refractivity contribution in [2.75, 3.05) is 30.8 Å². The number of hydrogen-bond acceptors (Lipinski definition) is 3. The fourth-order valence-corrected chi connectivity index (χ4v) is 2.10. The van der Waals surface area contributed by atoms with E-state index in [0.717, 1.165) is 32.6 Å². The van der Waals surface area contributed by atoms with Crippen molar-refractivity contribution >= 4 is 23.0 Å². The number of nitrogen functional groups attached to an aromatic ring is 1. The van der Waals surface area contributed by atoms with E-state index in [1.165, 1.54) is 12.1 Å². The van der Waals surface area contributed by atoms with E-state index in [-0.39, 0.29) is 5.02 Å². The molecule has 5 heteroatoms. The van der Waals surface area contributed by atoms with Crippen LogP contribution in [-0.2, 0) is 4.74 Å². The second-order valence-corrected chi connectivity index (χ2v) is 4.72. The third-order valence-corrected chi connectivity index (χ3v) is 3.22. The average Bonchev–Trinajstić information content (AvgIpc) is 2.33. The van der Waals surface area contributed by atoms with E-state index < -0.39 is 5.82 Å². The van der Waals surface area contributed by atoms with Gasteiger partial charge in [-0.05, 0) is 24.8 Å². The van der Waals surface area contributed by atoms with Crippen molar-refractivity contribution in [3.05, 3.63) is 23.0 Å². The zero-order chi connectivity index (χ0) is 12.3. The number of nitrogens with two attached hydrogens (primary N) is 1. The summed E-state index contributed by atoms with van der Waals surface area (Å²) >= 11 is 5.71. The molecule has 1 heterocycles. The van der Waals surface area contributed by atoms with Crippen molar-refractivity contribution < 1.29 is 9.13 Å². The lowest BCUT2D eigenvalue weighted by Crippen LogP contribution is -2.24. The Kier molecular flexibility index (Phi) is 4.07. The molecule has 1 aliphatic rings. The molecule has 1 aliphatic heterocycles. The Morgan fingerprint density at radius 3 is 3.06 bits per heavy atom. The van der Waals surface area contributed by atoms with Crippen molar-refractivity contribution in [2.45, 2.75) is 12.8 Å². The second kappa shape index (κ2) is 5.56. The van der Waals surface area contributed by atoms with E-state index in [0.29, 0.717) is 17.3 Å². The second-order valence-electron chi connectivity index (χ2n) is 4.32. The van der Waals surface area contributed by atoms with Gasteiger partial charge in [-0.2, -0.15) is 0 Å². The van der Waals surface area contributed by atoms with Crippen LogP contribution in [0.3, 0.4) is 0 Å². The van der Waals surface area contributed by atoms with Gasteiger partial charge in [0.1, 0.15) is 5.82 Å². The molecule has 1 saturated heterocycles. The first kappa shape index (κ1) is 12.5. The van der Waals surface area contributed by atoms with Crippen LogP contribution in [0.15, 0.2) is 12.1 Å². The monoisotopic (exact) mass is 258 g/mol. The summed E-state index contributed by atoms with van der Waals surface area (Å²) in [6, 6.07) is 2.76. The topological polar surface area (TPSA) is 47.3 Å². The van der Waals surface area contributed by atoms with Gasteiger partial charge in [0.05, 0.1) is 23.0 Å². The molecule has 0 aliphatic carbocycles. The highest BCUT2D eigenvalue weighted by atomic mass is 35.5. The van der Waals surface area contributed by atoms with Crippen molar-refractivity contribution in [1.82, 2.24) is 0 Å². The molecule has 1 fully saturated rings. The highest BCUT2D eigenvalue weighted by molar-refractivity contribution is 6.31. The number of benzene rings is 1. The Morgan fingerprint density at radius 2 is 2.35 bits per heavy atom. The predicted molar refractivity (Wildman–Crippen MR) is 67.9 cm³/mol. The average molecular weight is 259 g/mol. The third-order valence-electron chi connectivity index (χ3n) is 2.93. The van der Waals surface area contributed by atoms with Crippen LogP contribution in [0.25, 0.3) is 0 Å². The first-order valence-electron chi connectivity index (χ1n) is 5.73. The fraction of sp³-hybridized carbons (Fsp3) is 0.500. The summed E-state index contributed by atoms with van der Waals surface area (Å²) in [4.78, 5) is 0. The van der Waals surface area contributed by atoms with Crippen LogP contribution in [0.4, 0.5) is 15.8 Å². The van der Waals surface area contributed by atoms with Crippen LogP contribution in [0, 0.1) is 11.7 Å². The van der Waals surface area contributed by atoms with Crippen LogP contribution in [0.2, 0.25) is 5.02 Å². The van der Waals surface area contributed by atoms with Gasteiger partial charge in [0.2, 0.25) is 0 Å². The van der Waals surface area contributed by atoms with E-state index >= 15 is 0 Å². The minimum atomic E-state index is -0.490.